The lowest BCUT2D eigenvalue weighted by atomic mass is 10.3. The Morgan fingerprint density at radius 3 is 2.94 bits per heavy atom. The zero-order chi connectivity index (χ0) is 12.1. The summed E-state index contributed by atoms with van der Waals surface area (Å²) >= 11 is 0. The molecule has 0 atom stereocenters. The fraction of sp³-hybridized carbons (Fsp3) is 0.500. The SMILES string of the molecule is CCCCn1ccnc1NCc1ccn(C)n1. The van der Waals surface area contributed by atoms with E-state index in [9.17, 15) is 0 Å². The number of hydrogen-bond acceptors (Lipinski definition) is 3. The summed E-state index contributed by atoms with van der Waals surface area (Å²) in [6.45, 7) is 3.92. The van der Waals surface area contributed by atoms with Gasteiger partial charge in [0.1, 0.15) is 0 Å². The van der Waals surface area contributed by atoms with Crippen LogP contribution in [0.2, 0.25) is 0 Å². The minimum atomic E-state index is 0.712. The van der Waals surface area contributed by atoms with Gasteiger partial charge in [0.2, 0.25) is 5.95 Å². The summed E-state index contributed by atoms with van der Waals surface area (Å²) in [6, 6.07) is 2.01. The molecule has 92 valence electrons. The molecular formula is C12H19N5. The molecule has 2 heterocycles. The second-order valence-corrected chi connectivity index (χ2v) is 4.13. The molecule has 0 saturated carbocycles. The van der Waals surface area contributed by atoms with Crippen LogP contribution in [-0.2, 0) is 20.1 Å². The van der Waals surface area contributed by atoms with E-state index >= 15 is 0 Å². The average molecular weight is 233 g/mol. The molecule has 0 aliphatic rings. The molecule has 0 saturated heterocycles. The van der Waals surface area contributed by atoms with Crippen LogP contribution in [0.4, 0.5) is 5.95 Å². The van der Waals surface area contributed by atoms with Gasteiger partial charge in [-0.15, -0.1) is 0 Å². The van der Waals surface area contributed by atoms with Gasteiger partial charge in [-0.2, -0.15) is 5.10 Å². The largest absolute Gasteiger partial charge is 0.350 e. The fourth-order valence-corrected chi connectivity index (χ4v) is 1.71. The smallest absolute Gasteiger partial charge is 0.203 e. The number of nitrogens with zero attached hydrogens (tertiary/aromatic N) is 4. The Morgan fingerprint density at radius 2 is 2.24 bits per heavy atom. The molecule has 0 amide bonds. The summed E-state index contributed by atoms with van der Waals surface area (Å²) < 4.78 is 3.95. The van der Waals surface area contributed by atoms with Gasteiger partial charge in [0.05, 0.1) is 12.2 Å². The molecule has 0 aromatic carbocycles. The molecule has 0 fully saturated rings. The third kappa shape index (κ3) is 3.09. The summed E-state index contributed by atoms with van der Waals surface area (Å²) in [6.07, 6.45) is 8.15. The van der Waals surface area contributed by atoms with Crippen LogP contribution in [0.5, 0.6) is 0 Å². The van der Waals surface area contributed by atoms with Crippen molar-refractivity contribution in [3.8, 4) is 0 Å². The van der Waals surface area contributed by atoms with E-state index in [1.54, 1.807) is 4.68 Å². The summed E-state index contributed by atoms with van der Waals surface area (Å²) in [4.78, 5) is 4.31. The second kappa shape index (κ2) is 5.52. The van der Waals surface area contributed by atoms with E-state index in [0.29, 0.717) is 6.54 Å². The maximum Gasteiger partial charge on any atom is 0.203 e. The first-order valence-corrected chi connectivity index (χ1v) is 6.03. The van der Waals surface area contributed by atoms with Crippen molar-refractivity contribution in [2.75, 3.05) is 5.32 Å². The first kappa shape index (κ1) is 11.7. The number of nitrogens with one attached hydrogen (secondary N) is 1. The zero-order valence-electron chi connectivity index (χ0n) is 10.4. The van der Waals surface area contributed by atoms with Crippen LogP contribution in [-0.4, -0.2) is 19.3 Å². The number of aryl methyl sites for hydroxylation is 2. The van der Waals surface area contributed by atoms with Crippen LogP contribution in [0.1, 0.15) is 25.5 Å². The average Bonchev–Trinajstić information content (AvgIpc) is 2.92. The molecule has 5 heteroatoms. The Kier molecular flexibility index (Phi) is 3.80. The van der Waals surface area contributed by atoms with E-state index in [-0.39, 0.29) is 0 Å². The van der Waals surface area contributed by atoms with Crippen molar-refractivity contribution in [3.63, 3.8) is 0 Å². The van der Waals surface area contributed by atoms with E-state index < -0.39 is 0 Å². The highest BCUT2D eigenvalue weighted by atomic mass is 15.3. The van der Waals surface area contributed by atoms with Gasteiger partial charge in [0.15, 0.2) is 0 Å². The predicted molar refractivity (Wildman–Crippen MR) is 67.7 cm³/mol. The van der Waals surface area contributed by atoms with Crippen molar-refractivity contribution < 1.29 is 0 Å². The molecular weight excluding hydrogens is 214 g/mol. The maximum atomic E-state index is 4.32. The first-order chi connectivity index (χ1) is 8.29. The van der Waals surface area contributed by atoms with Crippen molar-refractivity contribution in [2.45, 2.75) is 32.9 Å². The molecule has 2 rings (SSSR count). The van der Waals surface area contributed by atoms with Crippen LogP contribution in [0.15, 0.2) is 24.7 Å². The topological polar surface area (TPSA) is 47.7 Å². The Bertz CT molecular complexity index is 457. The van der Waals surface area contributed by atoms with Gasteiger partial charge < -0.3 is 9.88 Å². The van der Waals surface area contributed by atoms with Crippen LogP contribution in [0.3, 0.4) is 0 Å². The van der Waals surface area contributed by atoms with Crippen LogP contribution in [0, 0.1) is 0 Å². The lowest BCUT2D eigenvalue weighted by Crippen LogP contribution is -2.08. The van der Waals surface area contributed by atoms with E-state index in [0.717, 1.165) is 18.2 Å². The van der Waals surface area contributed by atoms with Crippen molar-refractivity contribution in [1.29, 1.82) is 0 Å². The molecule has 17 heavy (non-hydrogen) atoms. The van der Waals surface area contributed by atoms with Gasteiger partial charge in [0.25, 0.3) is 0 Å². The van der Waals surface area contributed by atoms with Crippen molar-refractivity contribution >= 4 is 5.95 Å². The molecule has 0 unspecified atom stereocenters. The van der Waals surface area contributed by atoms with E-state index in [4.69, 9.17) is 0 Å². The number of imidazole rings is 1. The Morgan fingerprint density at radius 1 is 1.35 bits per heavy atom. The van der Waals surface area contributed by atoms with Crippen LogP contribution >= 0.6 is 0 Å². The standard InChI is InChI=1S/C12H19N5/c1-3-4-7-17-9-6-13-12(17)14-10-11-5-8-16(2)15-11/h5-6,8-9H,3-4,7,10H2,1-2H3,(H,13,14). The lowest BCUT2D eigenvalue weighted by Gasteiger charge is -2.07. The molecule has 0 bridgehead atoms. The zero-order valence-corrected chi connectivity index (χ0v) is 10.4. The number of aromatic nitrogens is 4. The van der Waals surface area contributed by atoms with E-state index in [1.807, 2.05) is 31.7 Å². The van der Waals surface area contributed by atoms with Gasteiger partial charge in [-0.1, -0.05) is 13.3 Å². The number of hydrogen-bond donors (Lipinski definition) is 1. The summed E-state index contributed by atoms with van der Waals surface area (Å²) in [5.74, 6) is 0.920. The van der Waals surface area contributed by atoms with Gasteiger partial charge in [-0.3, -0.25) is 4.68 Å². The van der Waals surface area contributed by atoms with E-state index in [1.165, 1.54) is 12.8 Å². The van der Waals surface area contributed by atoms with Crippen molar-refractivity contribution in [2.24, 2.45) is 7.05 Å². The molecule has 0 aliphatic heterocycles. The monoisotopic (exact) mass is 233 g/mol. The summed E-state index contributed by atoms with van der Waals surface area (Å²) in [5.41, 5.74) is 1.03. The highest BCUT2D eigenvalue weighted by Gasteiger charge is 2.02. The summed E-state index contributed by atoms with van der Waals surface area (Å²) in [5, 5.41) is 7.63. The fourth-order valence-electron chi connectivity index (χ4n) is 1.71. The lowest BCUT2D eigenvalue weighted by molar-refractivity contribution is 0.634. The van der Waals surface area contributed by atoms with Gasteiger partial charge in [0, 0.05) is 32.2 Å². The summed E-state index contributed by atoms with van der Waals surface area (Å²) in [7, 11) is 1.92. The molecule has 0 spiro atoms. The van der Waals surface area contributed by atoms with Crippen LogP contribution in [0.25, 0.3) is 0 Å². The van der Waals surface area contributed by atoms with Crippen molar-refractivity contribution in [1.82, 2.24) is 19.3 Å². The molecule has 0 radical (unpaired) electrons. The maximum absolute atomic E-state index is 4.32. The molecule has 0 aliphatic carbocycles. The third-order valence-electron chi connectivity index (χ3n) is 2.66. The molecule has 5 nitrogen and oxygen atoms in total. The van der Waals surface area contributed by atoms with Gasteiger partial charge in [-0.25, -0.2) is 4.98 Å². The van der Waals surface area contributed by atoms with Crippen LogP contribution < -0.4 is 5.32 Å². The van der Waals surface area contributed by atoms with E-state index in [2.05, 4.69) is 26.9 Å². The molecule has 1 N–H and O–H groups in total. The normalized spacial score (nSPS) is 10.7. The highest BCUT2D eigenvalue weighted by molar-refractivity contribution is 5.26. The minimum absolute atomic E-state index is 0.712. The second-order valence-electron chi connectivity index (χ2n) is 4.13. The Labute approximate surface area is 101 Å². The third-order valence-corrected chi connectivity index (χ3v) is 2.66. The van der Waals surface area contributed by atoms with Gasteiger partial charge in [-0.05, 0) is 12.5 Å². The van der Waals surface area contributed by atoms with Gasteiger partial charge >= 0.3 is 0 Å². The molecule has 2 aromatic heterocycles. The minimum Gasteiger partial charge on any atom is -0.350 e. The number of anilines is 1. The van der Waals surface area contributed by atoms with Crippen molar-refractivity contribution in [3.05, 3.63) is 30.4 Å². The highest BCUT2D eigenvalue weighted by Crippen LogP contribution is 2.08. The first-order valence-electron chi connectivity index (χ1n) is 6.03. The number of rotatable bonds is 6. The molecule has 2 aromatic rings. The Balaban J connectivity index is 1.92. The Hall–Kier alpha value is -1.78. The number of unbranched alkanes of at least 4 members (excludes halogenated alkanes) is 1. The predicted octanol–water partition coefficient (Wildman–Crippen LogP) is 2.03. The quantitative estimate of drug-likeness (QED) is 0.830.